The minimum absolute atomic E-state index is 0.0380. The summed E-state index contributed by atoms with van der Waals surface area (Å²) >= 11 is 0. The molecule has 5 nitrogen and oxygen atoms in total. The van der Waals surface area contributed by atoms with E-state index in [-0.39, 0.29) is 11.5 Å². The van der Waals surface area contributed by atoms with Crippen molar-refractivity contribution in [3.8, 4) is 22.6 Å². The van der Waals surface area contributed by atoms with Crippen molar-refractivity contribution < 1.29 is 10.2 Å². The van der Waals surface area contributed by atoms with E-state index in [0.717, 1.165) is 32.6 Å². The largest absolute Gasteiger partial charge is 0.507 e. The van der Waals surface area contributed by atoms with Crippen LogP contribution in [0.4, 0.5) is 11.4 Å². The van der Waals surface area contributed by atoms with Gasteiger partial charge in [-0.05, 0) is 46.0 Å². The van der Waals surface area contributed by atoms with Gasteiger partial charge in [-0.3, -0.25) is 4.98 Å². The zero-order valence-corrected chi connectivity index (χ0v) is 18.1. The topological polar surface area (TPSA) is 78.1 Å². The SMILES string of the molecule is Oc1ccc2ccccc2c1-c1cc(N=Nc2cccc3cccnc23)c(O)c2ccccc12. The Kier molecular flexibility index (Phi) is 4.66. The molecule has 0 fully saturated rings. The number of hydrogen-bond acceptors (Lipinski definition) is 5. The van der Waals surface area contributed by atoms with Crippen molar-refractivity contribution in [1.29, 1.82) is 0 Å². The van der Waals surface area contributed by atoms with E-state index in [9.17, 15) is 10.2 Å². The number of pyridine rings is 1. The fraction of sp³-hybridized carbons (Fsp3) is 0. The highest BCUT2D eigenvalue weighted by molar-refractivity contribution is 6.10. The van der Waals surface area contributed by atoms with Gasteiger partial charge < -0.3 is 10.2 Å². The Hall–Kier alpha value is -4.77. The van der Waals surface area contributed by atoms with Gasteiger partial charge in [-0.25, -0.2) is 0 Å². The summed E-state index contributed by atoms with van der Waals surface area (Å²) in [6, 6.07) is 30.4. The minimum atomic E-state index is 0.0380. The van der Waals surface area contributed by atoms with Crippen LogP contribution in [-0.4, -0.2) is 15.2 Å². The molecule has 0 bridgehead atoms. The molecule has 0 spiro atoms. The molecule has 5 heteroatoms. The van der Waals surface area contributed by atoms with Gasteiger partial charge in [0, 0.05) is 22.5 Å². The zero-order chi connectivity index (χ0) is 23.1. The Morgan fingerprint density at radius 1 is 0.588 bits per heavy atom. The number of azo groups is 1. The normalized spacial score (nSPS) is 11.6. The van der Waals surface area contributed by atoms with E-state index in [1.165, 1.54) is 0 Å². The number of fused-ring (bicyclic) bond motifs is 3. The molecule has 0 atom stereocenters. The van der Waals surface area contributed by atoms with Gasteiger partial charge in [-0.1, -0.05) is 72.8 Å². The second-order valence-corrected chi connectivity index (χ2v) is 8.07. The number of phenolic OH excluding ortho intramolecular Hbond substituents is 2. The lowest BCUT2D eigenvalue weighted by Gasteiger charge is -2.14. The summed E-state index contributed by atoms with van der Waals surface area (Å²) in [4.78, 5) is 4.43. The first-order valence-electron chi connectivity index (χ1n) is 10.9. The Morgan fingerprint density at radius 3 is 2.18 bits per heavy atom. The van der Waals surface area contributed by atoms with Gasteiger partial charge >= 0.3 is 0 Å². The fourth-order valence-corrected chi connectivity index (χ4v) is 4.45. The second-order valence-electron chi connectivity index (χ2n) is 8.07. The van der Waals surface area contributed by atoms with Crippen molar-refractivity contribution in [2.75, 3.05) is 0 Å². The summed E-state index contributed by atoms with van der Waals surface area (Å²) in [5, 5.41) is 35.1. The quantitative estimate of drug-likeness (QED) is 0.273. The molecular formula is C29H19N3O2. The van der Waals surface area contributed by atoms with Crippen LogP contribution in [0.2, 0.25) is 0 Å². The number of aromatic hydroxyl groups is 2. The van der Waals surface area contributed by atoms with E-state index in [1.54, 1.807) is 18.3 Å². The molecule has 0 aliphatic carbocycles. The first-order valence-corrected chi connectivity index (χ1v) is 10.9. The van der Waals surface area contributed by atoms with Gasteiger partial charge in [0.25, 0.3) is 0 Å². The molecule has 0 aliphatic rings. The molecule has 34 heavy (non-hydrogen) atoms. The zero-order valence-electron chi connectivity index (χ0n) is 18.1. The predicted molar refractivity (Wildman–Crippen MR) is 136 cm³/mol. The smallest absolute Gasteiger partial charge is 0.150 e. The maximum Gasteiger partial charge on any atom is 0.150 e. The summed E-state index contributed by atoms with van der Waals surface area (Å²) in [6.07, 6.45) is 1.72. The summed E-state index contributed by atoms with van der Waals surface area (Å²) in [7, 11) is 0. The van der Waals surface area contributed by atoms with Gasteiger partial charge in [0.1, 0.15) is 17.1 Å². The lowest BCUT2D eigenvalue weighted by Crippen LogP contribution is -1.87. The summed E-state index contributed by atoms with van der Waals surface area (Å²) in [5.74, 6) is 0.201. The number of rotatable bonds is 3. The van der Waals surface area contributed by atoms with Crippen molar-refractivity contribution in [1.82, 2.24) is 4.98 Å². The molecule has 1 aromatic heterocycles. The van der Waals surface area contributed by atoms with E-state index < -0.39 is 0 Å². The molecule has 0 radical (unpaired) electrons. The molecule has 1 heterocycles. The average molecular weight is 441 g/mol. The third-order valence-electron chi connectivity index (χ3n) is 6.05. The number of hydrogen-bond donors (Lipinski definition) is 2. The predicted octanol–water partition coefficient (Wildman–Crippen LogP) is 8.03. The lowest BCUT2D eigenvalue weighted by molar-refractivity contribution is 0.477. The maximum absolute atomic E-state index is 11.1. The third-order valence-corrected chi connectivity index (χ3v) is 6.05. The van der Waals surface area contributed by atoms with Crippen molar-refractivity contribution in [2.45, 2.75) is 0 Å². The summed E-state index contributed by atoms with van der Waals surface area (Å²) in [6.45, 7) is 0. The second kappa shape index (κ2) is 7.98. The van der Waals surface area contributed by atoms with Gasteiger partial charge in [0.05, 0.1) is 5.52 Å². The molecule has 0 saturated carbocycles. The number of aromatic nitrogens is 1. The Morgan fingerprint density at radius 2 is 1.29 bits per heavy atom. The van der Waals surface area contributed by atoms with E-state index >= 15 is 0 Å². The van der Waals surface area contributed by atoms with Gasteiger partial charge in [0.15, 0.2) is 5.75 Å². The Balaban J connectivity index is 1.61. The summed E-state index contributed by atoms with van der Waals surface area (Å²) < 4.78 is 0. The minimum Gasteiger partial charge on any atom is -0.507 e. The van der Waals surface area contributed by atoms with Crippen LogP contribution in [-0.2, 0) is 0 Å². The van der Waals surface area contributed by atoms with Crippen molar-refractivity contribution in [3.63, 3.8) is 0 Å². The van der Waals surface area contributed by atoms with Crippen LogP contribution < -0.4 is 0 Å². The standard InChI is InChI=1S/C29H19N3O2/c33-26-15-14-18-7-1-2-10-20(18)27(26)23-17-25(29(34)22-12-4-3-11-21(22)23)32-31-24-13-5-8-19-9-6-16-30-28(19)24/h1-17,33-34H. The third kappa shape index (κ3) is 3.22. The monoisotopic (exact) mass is 441 g/mol. The highest BCUT2D eigenvalue weighted by Gasteiger charge is 2.17. The van der Waals surface area contributed by atoms with Gasteiger partial charge in [-0.15, -0.1) is 10.2 Å². The van der Waals surface area contributed by atoms with E-state index in [2.05, 4.69) is 15.2 Å². The first-order chi connectivity index (χ1) is 16.7. The lowest BCUT2D eigenvalue weighted by atomic mass is 9.92. The van der Waals surface area contributed by atoms with Crippen LogP contribution in [0.5, 0.6) is 11.5 Å². The first kappa shape index (κ1) is 19.9. The molecule has 0 amide bonds. The molecule has 0 aliphatic heterocycles. The Labute approximate surface area is 195 Å². The Bertz CT molecular complexity index is 1740. The molecule has 6 aromatic rings. The number of para-hydroxylation sites is 1. The number of benzene rings is 5. The number of nitrogens with zero attached hydrogens (tertiary/aromatic N) is 3. The van der Waals surface area contributed by atoms with E-state index in [1.807, 2.05) is 84.9 Å². The van der Waals surface area contributed by atoms with Crippen LogP contribution in [0.25, 0.3) is 43.6 Å². The molecule has 162 valence electrons. The van der Waals surface area contributed by atoms with Crippen LogP contribution in [0.1, 0.15) is 0 Å². The summed E-state index contributed by atoms with van der Waals surface area (Å²) in [5.41, 5.74) is 3.13. The van der Waals surface area contributed by atoms with Crippen molar-refractivity contribution in [3.05, 3.63) is 103 Å². The van der Waals surface area contributed by atoms with Gasteiger partial charge in [-0.2, -0.15) is 0 Å². The van der Waals surface area contributed by atoms with E-state index in [4.69, 9.17) is 0 Å². The van der Waals surface area contributed by atoms with Crippen LogP contribution in [0.3, 0.4) is 0 Å². The fourth-order valence-electron chi connectivity index (χ4n) is 4.45. The van der Waals surface area contributed by atoms with Crippen LogP contribution in [0.15, 0.2) is 113 Å². The van der Waals surface area contributed by atoms with E-state index in [0.29, 0.717) is 22.3 Å². The molecule has 0 unspecified atom stereocenters. The number of phenols is 2. The maximum atomic E-state index is 11.1. The molecular weight excluding hydrogens is 422 g/mol. The highest BCUT2D eigenvalue weighted by Crippen LogP contribution is 2.46. The highest BCUT2D eigenvalue weighted by atomic mass is 16.3. The van der Waals surface area contributed by atoms with Crippen LogP contribution in [0, 0.1) is 0 Å². The molecule has 5 aromatic carbocycles. The molecule has 6 rings (SSSR count). The molecule has 2 N–H and O–H groups in total. The average Bonchev–Trinajstić information content (AvgIpc) is 2.89. The van der Waals surface area contributed by atoms with Crippen molar-refractivity contribution >= 4 is 43.8 Å². The van der Waals surface area contributed by atoms with Crippen LogP contribution >= 0.6 is 0 Å². The molecule has 0 saturated heterocycles. The van der Waals surface area contributed by atoms with Gasteiger partial charge in [0.2, 0.25) is 0 Å². The van der Waals surface area contributed by atoms with Crippen molar-refractivity contribution in [2.24, 2.45) is 10.2 Å².